The van der Waals surface area contributed by atoms with E-state index in [2.05, 4.69) is 32.6 Å². The lowest BCUT2D eigenvalue weighted by atomic mass is 10.2. The molecule has 1 saturated carbocycles. The van der Waals surface area contributed by atoms with Crippen molar-refractivity contribution in [2.45, 2.75) is 30.9 Å². The first-order chi connectivity index (χ1) is 13.5. The third kappa shape index (κ3) is 4.38. The van der Waals surface area contributed by atoms with Gasteiger partial charge < -0.3 is 15.0 Å². The predicted molar refractivity (Wildman–Crippen MR) is 121 cm³/mol. The average Bonchev–Trinajstić information content (AvgIpc) is 3.38. The van der Waals surface area contributed by atoms with Gasteiger partial charge in [-0.2, -0.15) is 0 Å². The number of carboxylic acid groups (broad SMARTS) is 1. The van der Waals surface area contributed by atoms with Gasteiger partial charge in [0.1, 0.15) is 4.75 Å². The molecule has 3 N–H and O–H groups in total. The highest BCUT2D eigenvalue weighted by Gasteiger charge is 2.56. The third-order valence-corrected chi connectivity index (χ3v) is 8.06. The molecular formula is C18H19ClIN3O5S. The standard InChI is InChI=1S/C18H19ClIN3O5S/c1-10-16(21-13-4-3-11(20)7-12(13)19)14(9-23(2)17(10)26)22-29(27,28)18(5-6-18)8-15(24)25/h3-4,7,9,21-22H,5-6,8H2,1-2H3,(H,24,25). The summed E-state index contributed by atoms with van der Waals surface area (Å²) in [7, 11) is -2.48. The minimum absolute atomic E-state index is 0.149. The highest BCUT2D eigenvalue weighted by atomic mass is 127. The van der Waals surface area contributed by atoms with E-state index in [0.29, 0.717) is 16.3 Å². The molecule has 8 nitrogen and oxygen atoms in total. The fourth-order valence-electron chi connectivity index (χ4n) is 3.06. The average molecular weight is 552 g/mol. The highest BCUT2D eigenvalue weighted by molar-refractivity contribution is 14.1. The summed E-state index contributed by atoms with van der Waals surface area (Å²) in [5.41, 5.74) is 0.923. The number of sulfonamides is 1. The monoisotopic (exact) mass is 551 g/mol. The van der Waals surface area contributed by atoms with Gasteiger partial charge in [0.05, 0.1) is 28.5 Å². The number of hydrogen-bond acceptors (Lipinski definition) is 5. The third-order valence-electron chi connectivity index (χ3n) is 4.89. The first kappa shape index (κ1) is 21.9. The summed E-state index contributed by atoms with van der Waals surface area (Å²) in [5.74, 6) is -1.17. The Kier molecular flexibility index (Phi) is 5.89. The number of rotatable bonds is 7. The minimum atomic E-state index is -4.00. The van der Waals surface area contributed by atoms with Crippen molar-refractivity contribution in [2.75, 3.05) is 10.0 Å². The number of nitrogens with one attached hydrogen (secondary N) is 2. The molecule has 1 heterocycles. The van der Waals surface area contributed by atoms with Crippen LogP contribution in [0.4, 0.5) is 17.1 Å². The van der Waals surface area contributed by atoms with Gasteiger partial charge in [-0.3, -0.25) is 14.3 Å². The van der Waals surface area contributed by atoms with Gasteiger partial charge >= 0.3 is 5.97 Å². The molecule has 1 aliphatic rings. The zero-order valence-electron chi connectivity index (χ0n) is 15.6. The molecule has 0 spiro atoms. The van der Waals surface area contributed by atoms with E-state index in [-0.39, 0.29) is 29.8 Å². The lowest BCUT2D eigenvalue weighted by Crippen LogP contribution is -2.33. The molecule has 1 aromatic heterocycles. The van der Waals surface area contributed by atoms with Gasteiger partial charge in [0, 0.05) is 22.4 Å². The molecule has 3 rings (SSSR count). The summed E-state index contributed by atoms with van der Waals surface area (Å²) in [6, 6.07) is 5.28. The molecule has 156 valence electrons. The van der Waals surface area contributed by atoms with E-state index >= 15 is 0 Å². The Morgan fingerprint density at radius 3 is 2.55 bits per heavy atom. The Bertz CT molecular complexity index is 1160. The number of aliphatic carboxylic acids is 1. The van der Waals surface area contributed by atoms with E-state index in [1.54, 1.807) is 19.1 Å². The number of nitrogens with zero attached hydrogens (tertiary/aromatic N) is 1. The van der Waals surface area contributed by atoms with Gasteiger partial charge in [0.2, 0.25) is 10.0 Å². The van der Waals surface area contributed by atoms with Crippen LogP contribution in [0.5, 0.6) is 0 Å². The molecule has 0 atom stereocenters. The summed E-state index contributed by atoms with van der Waals surface area (Å²) in [4.78, 5) is 23.5. The zero-order chi connectivity index (χ0) is 21.6. The quantitative estimate of drug-likeness (QED) is 0.454. The van der Waals surface area contributed by atoms with E-state index in [4.69, 9.17) is 16.7 Å². The molecule has 11 heteroatoms. The van der Waals surface area contributed by atoms with Crippen LogP contribution in [0.3, 0.4) is 0 Å². The van der Waals surface area contributed by atoms with Crippen LogP contribution >= 0.6 is 34.2 Å². The number of hydrogen-bond donors (Lipinski definition) is 3. The number of anilines is 3. The lowest BCUT2D eigenvalue weighted by molar-refractivity contribution is -0.137. The van der Waals surface area contributed by atoms with E-state index in [0.717, 1.165) is 3.57 Å². The molecule has 1 aromatic carbocycles. The molecule has 0 radical (unpaired) electrons. The van der Waals surface area contributed by atoms with Crippen LogP contribution in [0, 0.1) is 10.5 Å². The van der Waals surface area contributed by atoms with E-state index in [1.165, 1.54) is 17.8 Å². The Morgan fingerprint density at radius 2 is 2.00 bits per heavy atom. The van der Waals surface area contributed by atoms with Crippen LogP contribution in [0.25, 0.3) is 0 Å². The van der Waals surface area contributed by atoms with Gasteiger partial charge in [-0.1, -0.05) is 11.6 Å². The Morgan fingerprint density at radius 1 is 1.34 bits per heavy atom. The summed E-state index contributed by atoms with van der Waals surface area (Å²) < 4.78 is 29.2. The lowest BCUT2D eigenvalue weighted by Gasteiger charge is -2.21. The topological polar surface area (TPSA) is 118 Å². The van der Waals surface area contributed by atoms with Crippen molar-refractivity contribution < 1.29 is 18.3 Å². The smallest absolute Gasteiger partial charge is 0.305 e. The molecule has 0 amide bonds. The van der Waals surface area contributed by atoms with Gasteiger partial charge in [-0.15, -0.1) is 0 Å². The Balaban J connectivity index is 2.05. The summed E-state index contributed by atoms with van der Waals surface area (Å²) in [6.07, 6.45) is 1.43. The van der Waals surface area contributed by atoms with E-state index in [9.17, 15) is 18.0 Å². The second-order valence-electron chi connectivity index (χ2n) is 7.07. The Labute approximate surface area is 186 Å². The maximum absolute atomic E-state index is 12.9. The summed E-state index contributed by atoms with van der Waals surface area (Å²) in [6.45, 7) is 1.58. The van der Waals surface area contributed by atoms with Crippen LogP contribution in [0.2, 0.25) is 5.02 Å². The van der Waals surface area contributed by atoms with Gasteiger partial charge in [0.25, 0.3) is 5.56 Å². The fourth-order valence-corrected chi connectivity index (χ4v) is 5.58. The molecule has 1 fully saturated rings. The molecule has 1 aliphatic carbocycles. The number of carboxylic acids is 1. The van der Waals surface area contributed by atoms with Gasteiger partial charge in [-0.25, -0.2) is 8.42 Å². The van der Waals surface area contributed by atoms with Crippen molar-refractivity contribution >= 4 is 67.2 Å². The second kappa shape index (κ2) is 7.80. The van der Waals surface area contributed by atoms with Crippen molar-refractivity contribution in [3.63, 3.8) is 0 Å². The molecular weight excluding hydrogens is 533 g/mol. The van der Waals surface area contributed by atoms with Crippen molar-refractivity contribution in [3.05, 3.63) is 48.9 Å². The Hall–Kier alpha value is -1.79. The maximum Gasteiger partial charge on any atom is 0.305 e. The minimum Gasteiger partial charge on any atom is -0.481 e. The number of aryl methyl sites for hydroxylation is 1. The largest absolute Gasteiger partial charge is 0.481 e. The zero-order valence-corrected chi connectivity index (χ0v) is 19.4. The highest BCUT2D eigenvalue weighted by Crippen LogP contribution is 2.47. The molecule has 29 heavy (non-hydrogen) atoms. The van der Waals surface area contributed by atoms with Crippen molar-refractivity contribution in [3.8, 4) is 0 Å². The van der Waals surface area contributed by atoms with Crippen molar-refractivity contribution in [1.29, 1.82) is 0 Å². The number of benzene rings is 1. The molecule has 0 aliphatic heterocycles. The molecule has 2 aromatic rings. The molecule has 0 bridgehead atoms. The SMILES string of the molecule is Cc1c(Nc2ccc(I)cc2Cl)c(NS(=O)(=O)C2(CC(=O)O)CC2)cn(C)c1=O. The number of pyridine rings is 1. The van der Waals surface area contributed by atoms with Crippen LogP contribution in [-0.4, -0.2) is 28.8 Å². The molecule has 0 unspecified atom stereocenters. The van der Waals surface area contributed by atoms with E-state index < -0.39 is 27.2 Å². The number of aromatic nitrogens is 1. The van der Waals surface area contributed by atoms with Crippen LogP contribution in [-0.2, 0) is 21.9 Å². The van der Waals surface area contributed by atoms with E-state index in [1.807, 2.05) is 6.07 Å². The van der Waals surface area contributed by atoms with Crippen LogP contribution < -0.4 is 15.6 Å². The second-order valence-corrected chi connectivity index (χ2v) is 10.8. The van der Waals surface area contributed by atoms with Crippen LogP contribution in [0.1, 0.15) is 24.8 Å². The maximum atomic E-state index is 12.9. The fraction of sp³-hybridized carbons (Fsp3) is 0.333. The normalized spacial score (nSPS) is 15.0. The number of carbonyl (C=O) groups is 1. The molecule has 0 saturated heterocycles. The summed E-state index contributed by atoms with van der Waals surface area (Å²) in [5, 5.41) is 12.5. The first-order valence-corrected chi connectivity index (χ1v) is 11.6. The number of halogens is 2. The van der Waals surface area contributed by atoms with Crippen LogP contribution in [0.15, 0.2) is 29.2 Å². The predicted octanol–water partition coefficient (Wildman–Crippen LogP) is 3.44. The summed E-state index contributed by atoms with van der Waals surface area (Å²) >= 11 is 8.39. The van der Waals surface area contributed by atoms with Crippen molar-refractivity contribution in [2.24, 2.45) is 7.05 Å². The van der Waals surface area contributed by atoms with Gasteiger partial charge in [0.15, 0.2) is 0 Å². The van der Waals surface area contributed by atoms with Gasteiger partial charge in [-0.05, 0) is 60.6 Å². The first-order valence-electron chi connectivity index (χ1n) is 8.62. The van der Waals surface area contributed by atoms with Crippen molar-refractivity contribution in [1.82, 2.24) is 4.57 Å².